The first-order valence-electron chi connectivity index (χ1n) is 35.6. The maximum Gasteiger partial charge on any atom is 0.416 e. The van der Waals surface area contributed by atoms with Crippen LogP contribution < -0.4 is 21.8 Å². The quantitative estimate of drug-likeness (QED) is 0.0370. The lowest BCUT2D eigenvalue weighted by molar-refractivity contribution is -0.144. The Kier molecular flexibility index (Phi) is 24.2. The van der Waals surface area contributed by atoms with E-state index < -0.39 is 107 Å². The maximum atomic E-state index is 16.1. The molecule has 0 radical (unpaired) electrons. The fourth-order valence-electron chi connectivity index (χ4n) is 16.1. The van der Waals surface area contributed by atoms with E-state index in [-0.39, 0.29) is 71.9 Å². The monoisotopic (exact) mass is 1420 g/mol. The Hall–Kier alpha value is -7.98. The highest BCUT2D eigenvalue weighted by atomic mass is 19.4. The summed E-state index contributed by atoms with van der Waals surface area (Å²) in [7, 11) is 0. The van der Waals surface area contributed by atoms with Crippen molar-refractivity contribution in [3.63, 3.8) is 0 Å². The molecule has 6 aromatic rings. The van der Waals surface area contributed by atoms with Crippen LogP contribution in [0.1, 0.15) is 201 Å². The van der Waals surface area contributed by atoms with Crippen LogP contribution in [-0.2, 0) is 49.1 Å². The Morgan fingerprint density at radius 3 is 1.19 bits per heavy atom. The predicted molar refractivity (Wildman–Crippen MR) is 378 cm³/mol. The van der Waals surface area contributed by atoms with Crippen molar-refractivity contribution in [3.8, 4) is 22.3 Å². The van der Waals surface area contributed by atoms with Crippen LogP contribution in [0.25, 0.3) is 22.3 Å². The molecule has 2 aliphatic heterocycles. The number of nitrogens with zero attached hydrogens (tertiary/aromatic N) is 4. The largest absolute Gasteiger partial charge is 0.481 e. The summed E-state index contributed by atoms with van der Waals surface area (Å²) in [4.78, 5) is 84.5. The molecule has 3 N–H and O–H groups in total. The summed E-state index contributed by atoms with van der Waals surface area (Å²) in [5, 5.41) is 15.4. The summed E-state index contributed by atoms with van der Waals surface area (Å²) < 4.78 is 125. The van der Waals surface area contributed by atoms with Gasteiger partial charge in [0.05, 0.1) is 42.7 Å². The first-order chi connectivity index (χ1) is 47.8. The number of carboxylic acids is 1. The van der Waals surface area contributed by atoms with Crippen LogP contribution >= 0.6 is 0 Å². The number of alkyl halides is 6. The summed E-state index contributed by atoms with van der Waals surface area (Å²) in [5.74, 6) is -5.04. The van der Waals surface area contributed by atoms with Gasteiger partial charge in [-0.05, 0) is 227 Å². The fraction of sp³-hybridized carbons (Fsp3) is 0.525. The van der Waals surface area contributed by atoms with Crippen molar-refractivity contribution >= 4 is 23.8 Å². The number of hydrogen-bond acceptors (Lipinski definition) is 9. The van der Waals surface area contributed by atoms with Gasteiger partial charge in [-0.2, -0.15) is 26.3 Å². The van der Waals surface area contributed by atoms with Gasteiger partial charge in [0.25, 0.3) is 11.1 Å². The Balaban J connectivity index is 0.000000237. The van der Waals surface area contributed by atoms with Crippen LogP contribution in [0.2, 0.25) is 0 Å². The standard InChI is InChI=1S/C41H51F4N3O4.C39H47F4N3O4/c1-8-52-36(50)20-33(31-18-30(17-28(7)38(31)42)37-26(5)15-25(4)16-27(37)6)46-39(51)34(14-24(2)3)48-21-29(32(19-35(48)49)41(43,44)45)10-13-47-22-40(23-47)11-9-12-40;1-22(2)12-32(46-19-27(30(17-33(46)47)39(41,42)43)8-11-45-20-38(21-45)9-7-10-38)37(50)44-31(18-34(48)49)29-16-28(15-26(6)36(29)40)35-24(4)13-23(3)14-25(35)5/h15-19,21,24,33-34H,8-14,20,22-23H2,1-7H3,(H,46,51);13-17,19,22,31-32H,7-12,18,20-21H2,1-6H3,(H,44,50)(H,48,49)/t33-,34?;31-,32?/m00/s1. The predicted octanol–water partition coefficient (Wildman–Crippen LogP) is 16.2. The summed E-state index contributed by atoms with van der Waals surface area (Å²) in [6.45, 7) is 28.1. The van der Waals surface area contributed by atoms with Crippen molar-refractivity contribution < 1.29 is 64.1 Å². The number of ether oxygens (including phenoxy) is 1. The van der Waals surface area contributed by atoms with E-state index in [9.17, 15) is 60.2 Å². The van der Waals surface area contributed by atoms with Crippen molar-refractivity contribution in [3.05, 3.63) is 183 Å². The number of likely N-dealkylation sites (tertiary alicyclic amines) is 2. The van der Waals surface area contributed by atoms with Gasteiger partial charge in [-0.3, -0.25) is 28.8 Å². The molecule has 2 aromatic heterocycles. The lowest BCUT2D eigenvalue weighted by Crippen LogP contribution is -2.59. The van der Waals surface area contributed by atoms with Gasteiger partial charge in [0, 0.05) is 74.9 Å². The molecule has 22 heteroatoms. The number of aliphatic carboxylic acids is 1. The number of carboxylic acid groups (broad SMARTS) is 1. The second-order valence-corrected chi connectivity index (χ2v) is 30.5. The molecule has 2 saturated heterocycles. The zero-order valence-corrected chi connectivity index (χ0v) is 60.9. The van der Waals surface area contributed by atoms with Crippen LogP contribution in [-0.4, -0.2) is 93.7 Å². The zero-order chi connectivity index (χ0) is 74.8. The molecule has 2 spiro atoms. The minimum Gasteiger partial charge on any atom is -0.481 e. The van der Waals surface area contributed by atoms with Crippen molar-refractivity contribution in [1.29, 1.82) is 0 Å². The van der Waals surface area contributed by atoms with Crippen molar-refractivity contribution in [2.75, 3.05) is 45.9 Å². The number of pyridine rings is 2. The normalized spacial score (nSPS) is 16.8. The third-order valence-corrected chi connectivity index (χ3v) is 21.0. The molecular formula is C80H98F8N6O8. The summed E-state index contributed by atoms with van der Waals surface area (Å²) >= 11 is 0. The average Bonchev–Trinajstić information content (AvgIpc) is 0.773. The van der Waals surface area contributed by atoms with E-state index in [0.29, 0.717) is 52.7 Å². The van der Waals surface area contributed by atoms with E-state index in [1.807, 2.05) is 93.5 Å². The topological polar surface area (TPSA) is 172 Å². The molecule has 10 rings (SSSR count). The first kappa shape index (κ1) is 78.2. The molecule has 2 saturated carbocycles. The van der Waals surface area contributed by atoms with Gasteiger partial charge in [-0.15, -0.1) is 0 Å². The minimum absolute atomic E-state index is 0.0299. The van der Waals surface area contributed by atoms with Gasteiger partial charge in [-0.1, -0.05) is 75.9 Å². The van der Waals surface area contributed by atoms with Gasteiger partial charge >= 0.3 is 24.3 Å². The van der Waals surface area contributed by atoms with Gasteiger partial charge in [-0.25, -0.2) is 8.78 Å². The number of halogens is 8. The summed E-state index contributed by atoms with van der Waals surface area (Å²) in [6.07, 6.45) is -1.08. The number of carbonyl (C=O) groups is 4. The number of benzene rings is 4. The van der Waals surface area contributed by atoms with Crippen molar-refractivity contribution in [2.24, 2.45) is 22.7 Å². The number of hydrogen-bond donors (Lipinski definition) is 3. The van der Waals surface area contributed by atoms with E-state index in [4.69, 9.17) is 4.74 Å². The zero-order valence-electron chi connectivity index (χ0n) is 60.9. The number of aromatic nitrogens is 2. The number of carbonyl (C=O) groups excluding carboxylic acids is 3. The van der Waals surface area contributed by atoms with E-state index >= 15 is 8.78 Å². The molecule has 102 heavy (non-hydrogen) atoms. The molecule has 4 atom stereocenters. The second-order valence-electron chi connectivity index (χ2n) is 30.5. The van der Waals surface area contributed by atoms with E-state index in [2.05, 4.69) is 20.4 Å². The van der Waals surface area contributed by atoms with Crippen LogP contribution in [0.15, 0.2) is 82.6 Å². The molecular weight excluding hydrogens is 1320 g/mol. The molecule has 4 heterocycles. The molecule has 552 valence electrons. The van der Waals surface area contributed by atoms with Gasteiger partial charge in [0.1, 0.15) is 23.7 Å². The lowest BCUT2D eigenvalue weighted by atomic mass is 9.63. The first-order valence-corrected chi connectivity index (χ1v) is 35.6. The molecule has 2 unspecified atom stereocenters. The maximum absolute atomic E-state index is 16.1. The number of nitrogens with one attached hydrogen (secondary N) is 2. The Morgan fingerprint density at radius 1 is 0.529 bits per heavy atom. The fourth-order valence-corrected chi connectivity index (χ4v) is 16.1. The van der Waals surface area contributed by atoms with Crippen LogP contribution in [0.3, 0.4) is 0 Å². The highest BCUT2D eigenvalue weighted by molar-refractivity contribution is 5.83. The highest BCUT2D eigenvalue weighted by Crippen LogP contribution is 2.49. The van der Waals surface area contributed by atoms with Gasteiger partial charge in [0.2, 0.25) is 11.8 Å². The lowest BCUT2D eigenvalue weighted by Gasteiger charge is -2.56. The number of esters is 1. The minimum atomic E-state index is -4.77. The van der Waals surface area contributed by atoms with Gasteiger partial charge in [0.15, 0.2) is 0 Å². The number of amides is 2. The molecule has 2 aliphatic carbocycles. The van der Waals surface area contributed by atoms with E-state index in [1.165, 1.54) is 19.0 Å². The summed E-state index contributed by atoms with van der Waals surface area (Å²) in [5.41, 5.74) is 6.17. The third kappa shape index (κ3) is 18.1. The molecule has 4 fully saturated rings. The van der Waals surface area contributed by atoms with Crippen molar-refractivity contribution in [1.82, 2.24) is 29.6 Å². The second kappa shape index (κ2) is 31.5. The van der Waals surface area contributed by atoms with Crippen molar-refractivity contribution in [2.45, 2.75) is 204 Å². The Labute approximate surface area is 592 Å². The molecule has 4 aromatic carbocycles. The van der Waals surface area contributed by atoms with Crippen LogP contribution in [0.4, 0.5) is 35.1 Å². The molecule has 14 nitrogen and oxygen atoms in total. The average molecular weight is 1420 g/mol. The summed E-state index contributed by atoms with van der Waals surface area (Å²) in [6, 6.07) is 10.7. The highest BCUT2D eigenvalue weighted by Gasteiger charge is 2.48. The van der Waals surface area contributed by atoms with Gasteiger partial charge < -0.3 is 39.4 Å². The Bertz CT molecular complexity index is 4200. The smallest absolute Gasteiger partial charge is 0.416 e. The molecule has 0 bridgehead atoms. The number of aryl methyl sites for hydroxylation is 8. The van der Waals surface area contributed by atoms with Crippen LogP contribution in [0, 0.1) is 89.7 Å². The number of rotatable bonds is 25. The SMILES string of the molecule is CCOC(=O)C[C@H](NC(=O)C(CC(C)C)n1cc(CCN2CC3(CCC3)C2)c(C(F)(F)F)cc1=O)c1cc(-c2c(C)cc(C)cc2C)cc(C)c1F.Cc1cc(C)c(-c2cc(C)c(F)c([C@H](CC(=O)O)NC(=O)C(CC(C)C)n3cc(CCN4CC5(CCC5)C4)c(C(F)(F)F)cc3=O)c2)c(C)c1. The van der Waals surface area contributed by atoms with Crippen LogP contribution in [0.5, 0.6) is 0 Å². The van der Waals surface area contributed by atoms with E-state index in [0.717, 1.165) is 112 Å². The van der Waals surface area contributed by atoms with E-state index in [1.54, 1.807) is 45.0 Å². The Morgan fingerprint density at radius 2 is 0.882 bits per heavy atom. The molecule has 2 amide bonds. The molecule has 4 aliphatic rings. The third-order valence-electron chi connectivity index (χ3n) is 21.0.